The number of aromatic nitrogens is 3. The first kappa shape index (κ1) is 16.9. The lowest BCUT2D eigenvalue weighted by atomic mass is 10.2. The van der Waals surface area contributed by atoms with Crippen LogP contribution in [0, 0.1) is 0 Å². The van der Waals surface area contributed by atoms with Gasteiger partial charge in [-0.2, -0.15) is 0 Å². The van der Waals surface area contributed by atoms with Gasteiger partial charge in [0.25, 0.3) is 0 Å². The van der Waals surface area contributed by atoms with E-state index in [0.29, 0.717) is 5.69 Å². The van der Waals surface area contributed by atoms with Crippen molar-refractivity contribution in [3.63, 3.8) is 0 Å². The monoisotopic (exact) mass is 359 g/mol. The van der Waals surface area contributed by atoms with Crippen molar-refractivity contribution in [3.8, 4) is 0 Å². The first-order valence-corrected chi connectivity index (χ1v) is 9.41. The highest BCUT2D eigenvalue weighted by Gasteiger charge is 2.09. The topological polar surface area (TPSA) is 106 Å². The molecule has 0 saturated carbocycles. The van der Waals surface area contributed by atoms with E-state index in [1.54, 1.807) is 24.3 Å². The van der Waals surface area contributed by atoms with Crippen molar-refractivity contribution in [1.29, 1.82) is 0 Å². The summed E-state index contributed by atoms with van der Waals surface area (Å²) >= 11 is 0. The van der Waals surface area contributed by atoms with Crippen molar-refractivity contribution in [1.82, 2.24) is 20.3 Å². The normalized spacial score (nSPS) is 11.4. The third-order valence-electron chi connectivity index (χ3n) is 3.43. The Morgan fingerprint density at radius 3 is 2.76 bits per heavy atom. The molecule has 3 aromatic rings. The van der Waals surface area contributed by atoms with E-state index in [4.69, 9.17) is 0 Å². The van der Waals surface area contributed by atoms with E-state index in [9.17, 15) is 13.2 Å². The summed E-state index contributed by atoms with van der Waals surface area (Å²) in [6.45, 7) is 0.340. The van der Waals surface area contributed by atoms with Crippen LogP contribution in [-0.4, -0.2) is 35.6 Å². The molecule has 0 spiro atoms. The number of hydrogen-bond donors (Lipinski definition) is 2. The van der Waals surface area contributed by atoms with Crippen LogP contribution in [0.25, 0.3) is 11.0 Å². The Morgan fingerprint density at radius 1 is 1.16 bits per heavy atom. The summed E-state index contributed by atoms with van der Waals surface area (Å²) < 4.78 is 26.5. The molecule has 0 bridgehead atoms. The fourth-order valence-corrected chi connectivity index (χ4v) is 2.94. The highest BCUT2D eigenvalue weighted by atomic mass is 32.2. The number of anilines is 1. The van der Waals surface area contributed by atoms with Crippen molar-refractivity contribution >= 4 is 32.7 Å². The molecule has 1 aromatic heterocycles. The molecule has 25 heavy (non-hydrogen) atoms. The molecule has 1 heterocycles. The quantitative estimate of drug-likeness (QED) is 0.686. The lowest BCUT2D eigenvalue weighted by Gasteiger charge is -2.08. The second-order valence-corrected chi connectivity index (χ2v) is 7.34. The van der Waals surface area contributed by atoms with E-state index in [-0.39, 0.29) is 19.0 Å². The van der Waals surface area contributed by atoms with Crippen LogP contribution >= 0.6 is 0 Å². The number of sulfonamides is 1. The minimum absolute atomic E-state index is 0.0573. The van der Waals surface area contributed by atoms with Crippen LogP contribution in [0.5, 0.6) is 0 Å². The van der Waals surface area contributed by atoms with Crippen LogP contribution in [0.15, 0.2) is 48.5 Å². The number of para-hydroxylation sites is 1. The molecular weight excluding hydrogens is 342 g/mol. The standard InChI is InChI=1S/C16H17N5O3S/c1-25(23,24)19-13-6-4-5-12(9-13)10-17-16(22)11-21-15-8-3-2-7-14(15)18-20-21/h2-9,19H,10-11H2,1H3,(H,17,22). The van der Waals surface area contributed by atoms with Gasteiger partial charge in [-0.1, -0.05) is 29.5 Å². The van der Waals surface area contributed by atoms with Gasteiger partial charge < -0.3 is 5.32 Å². The fourth-order valence-electron chi connectivity index (χ4n) is 2.39. The molecule has 1 amide bonds. The zero-order valence-electron chi connectivity index (χ0n) is 13.5. The Morgan fingerprint density at radius 2 is 1.96 bits per heavy atom. The highest BCUT2D eigenvalue weighted by molar-refractivity contribution is 7.92. The van der Waals surface area contributed by atoms with Crippen LogP contribution in [0.4, 0.5) is 5.69 Å². The molecule has 0 saturated heterocycles. The van der Waals surface area contributed by atoms with E-state index in [1.165, 1.54) is 4.68 Å². The molecule has 130 valence electrons. The lowest BCUT2D eigenvalue weighted by Crippen LogP contribution is -2.27. The molecule has 0 aliphatic rings. The number of carbonyl (C=O) groups is 1. The van der Waals surface area contributed by atoms with Crippen LogP contribution in [0.3, 0.4) is 0 Å². The molecule has 0 unspecified atom stereocenters. The number of benzene rings is 2. The average Bonchev–Trinajstić information content (AvgIpc) is 2.95. The largest absolute Gasteiger partial charge is 0.350 e. The van der Waals surface area contributed by atoms with Gasteiger partial charge in [-0.25, -0.2) is 13.1 Å². The fraction of sp³-hybridized carbons (Fsp3) is 0.188. The Kier molecular flexibility index (Phi) is 4.66. The summed E-state index contributed by atoms with van der Waals surface area (Å²) in [4.78, 5) is 12.1. The van der Waals surface area contributed by atoms with E-state index < -0.39 is 10.0 Å². The van der Waals surface area contributed by atoms with E-state index >= 15 is 0 Å². The van der Waals surface area contributed by atoms with Gasteiger partial charge in [-0.05, 0) is 29.8 Å². The van der Waals surface area contributed by atoms with Crippen molar-refractivity contribution in [2.24, 2.45) is 0 Å². The van der Waals surface area contributed by atoms with Gasteiger partial charge in [0.1, 0.15) is 12.1 Å². The van der Waals surface area contributed by atoms with Crippen LogP contribution < -0.4 is 10.0 Å². The third kappa shape index (κ3) is 4.54. The molecule has 2 aromatic carbocycles. The zero-order chi connectivity index (χ0) is 17.9. The van der Waals surface area contributed by atoms with Crippen LogP contribution in [-0.2, 0) is 27.9 Å². The molecule has 0 aliphatic heterocycles. The summed E-state index contributed by atoms with van der Waals surface area (Å²) in [5.74, 6) is -0.211. The summed E-state index contributed by atoms with van der Waals surface area (Å²) in [6.07, 6.45) is 1.09. The van der Waals surface area contributed by atoms with Gasteiger partial charge in [-0.3, -0.25) is 9.52 Å². The number of amides is 1. The minimum atomic E-state index is -3.34. The molecular formula is C16H17N5O3S. The van der Waals surface area contributed by atoms with Crippen molar-refractivity contribution in [3.05, 3.63) is 54.1 Å². The SMILES string of the molecule is CS(=O)(=O)Nc1cccc(CNC(=O)Cn2nnc3ccccc32)c1. The number of fused-ring (bicyclic) bond motifs is 1. The summed E-state index contributed by atoms with van der Waals surface area (Å²) in [5, 5.41) is 10.8. The second-order valence-electron chi connectivity index (χ2n) is 5.59. The van der Waals surface area contributed by atoms with E-state index in [0.717, 1.165) is 22.9 Å². The van der Waals surface area contributed by atoms with Gasteiger partial charge in [0.05, 0.1) is 11.8 Å². The molecule has 9 heteroatoms. The number of nitrogens with one attached hydrogen (secondary N) is 2. The third-order valence-corrected chi connectivity index (χ3v) is 4.04. The predicted molar refractivity (Wildman–Crippen MR) is 94.3 cm³/mol. The maximum Gasteiger partial charge on any atom is 0.242 e. The smallest absolute Gasteiger partial charge is 0.242 e. The Balaban J connectivity index is 1.62. The average molecular weight is 359 g/mol. The van der Waals surface area contributed by atoms with Gasteiger partial charge in [-0.15, -0.1) is 5.10 Å². The van der Waals surface area contributed by atoms with Crippen molar-refractivity contribution in [2.75, 3.05) is 11.0 Å². The Bertz CT molecular complexity index is 1010. The molecule has 8 nitrogen and oxygen atoms in total. The molecule has 2 N–H and O–H groups in total. The predicted octanol–water partition coefficient (Wildman–Crippen LogP) is 1.12. The molecule has 0 atom stereocenters. The number of carbonyl (C=O) groups excluding carboxylic acids is 1. The summed E-state index contributed by atoms with van der Waals surface area (Å²) in [5.41, 5.74) is 2.76. The first-order valence-electron chi connectivity index (χ1n) is 7.52. The number of hydrogen-bond acceptors (Lipinski definition) is 5. The Labute approximate surface area is 144 Å². The van der Waals surface area contributed by atoms with Crippen molar-refractivity contribution in [2.45, 2.75) is 13.1 Å². The van der Waals surface area contributed by atoms with Gasteiger partial charge >= 0.3 is 0 Å². The summed E-state index contributed by atoms with van der Waals surface area (Å²) in [6, 6.07) is 14.2. The molecule has 3 rings (SSSR count). The lowest BCUT2D eigenvalue weighted by molar-refractivity contribution is -0.121. The minimum Gasteiger partial charge on any atom is -0.350 e. The second kappa shape index (κ2) is 6.89. The van der Waals surface area contributed by atoms with Gasteiger partial charge in [0.15, 0.2) is 0 Å². The van der Waals surface area contributed by atoms with Gasteiger partial charge in [0, 0.05) is 12.2 Å². The van der Waals surface area contributed by atoms with Crippen LogP contribution in [0.2, 0.25) is 0 Å². The summed E-state index contributed by atoms with van der Waals surface area (Å²) in [7, 11) is -3.34. The zero-order valence-corrected chi connectivity index (χ0v) is 14.3. The van der Waals surface area contributed by atoms with E-state index in [2.05, 4.69) is 20.4 Å². The molecule has 0 aliphatic carbocycles. The first-order chi connectivity index (χ1) is 11.9. The molecule has 0 radical (unpaired) electrons. The number of rotatable bonds is 6. The maximum atomic E-state index is 12.1. The van der Waals surface area contributed by atoms with E-state index in [1.807, 2.05) is 24.3 Å². The maximum absolute atomic E-state index is 12.1. The number of nitrogens with zero attached hydrogens (tertiary/aromatic N) is 3. The Hall–Kier alpha value is -2.94. The van der Waals surface area contributed by atoms with Gasteiger partial charge in [0.2, 0.25) is 15.9 Å². The molecule has 0 fully saturated rings. The van der Waals surface area contributed by atoms with Crippen LogP contribution in [0.1, 0.15) is 5.56 Å². The highest BCUT2D eigenvalue weighted by Crippen LogP contribution is 2.12. The van der Waals surface area contributed by atoms with Crippen molar-refractivity contribution < 1.29 is 13.2 Å².